The fourth-order valence-electron chi connectivity index (χ4n) is 2.14. The van der Waals surface area contributed by atoms with Gasteiger partial charge in [0.15, 0.2) is 0 Å². The number of aliphatic hydroxyl groups is 1. The first-order valence-corrected chi connectivity index (χ1v) is 6.35. The molecule has 1 aromatic heterocycles. The zero-order valence-electron chi connectivity index (χ0n) is 10.2. The lowest BCUT2D eigenvalue weighted by Gasteiger charge is -2.17. The summed E-state index contributed by atoms with van der Waals surface area (Å²) in [6.07, 6.45) is 6.03. The molecule has 0 bridgehead atoms. The van der Waals surface area contributed by atoms with Crippen molar-refractivity contribution < 1.29 is 5.11 Å². The second-order valence-corrected chi connectivity index (χ2v) is 4.61. The Kier molecular flexibility index (Phi) is 4.02. The molecule has 0 aromatic carbocycles. The van der Waals surface area contributed by atoms with Crippen molar-refractivity contribution in [1.29, 1.82) is 0 Å². The summed E-state index contributed by atoms with van der Waals surface area (Å²) in [4.78, 5) is 4.63. The molecule has 1 aliphatic rings. The van der Waals surface area contributed by atoms with Crippen LogP contribution in [0.3, 0.4) is 0 Å². The SMILES string of the molecule is C=C(O)CCCCc1ccc2c(n1)NCCC2. The monoisotopic (exact) mass is 232 g/mol. The number of fused-ring (bicyclic) bond motifs is 1. The Morgan fingerprint density at radius 1 is 1.41 bits per heavy atom. The lowest BCUT2D eigenvalue weighted by molar-refractivity contribution is 0.384. The van der Waals surface area contributed by atoms with Gasteiger partial charge in [-0.15, -0.1) is 0 Å². The van der Waals surface area contributed by atoms with Gasteiger partial charge in [0.1, 0.15) is 5.82 Å². The zero-order chi connectivity index (χ0) is 12.1. The Hall–Kier alpha value is -1.51. The van der Waals surface area contributed by atoms with Crippen LogP contribution in [0, 0.1) is 0 Å². The van der Waals surface area contributed by atoms with Gasteiger partial charge in [-0.2, -0.15) is 0 Å². The molecule has 3 heteroatoms. The van der Waals surface area contributed by atoms with Crippen LogP contribution in [0.15, 0.2) is 24.5 Å². The quantitative estimate of drug-likeness (QED) is 0.605. The van der Waals surface area contributed by atoms with Gasteiger partial charge in [0.05, 0.1) is 5.76 Å². The van der Waals surface area contributed by atoms with Crippen LogP contribution in [0.25, 0.3) is 0 Å². The number of nitrogens with one attached hydrogen (secondary N) is 1. The molecule has 0 fully saturated rings. The molecule has 0 spiro atoms. The van der Waals surface area contributed by atoms with Crippen molar-refractivity contribution in [3.05, 3.63) is 35.7 Å². The first-order valence-electron chi connectivity index (χ1n) is 6.35. The van der Waals surface area contributed by atoms with Crippen molar-refractivity contribution in [2.45, 2.75) is 38.5 Å². The Morgan fingerprint density at radius 2 is 2.29 bits per heavy atom. The topological polar surface area (TPSA) is 45.2 Å². The van der Waals surface area contributed by atoms with E-state index in [1.54, 1.807) is 0 Å². The lowest BCUT2D eigenvalue weighted by atomic mass is 10.1. The number of aliphatic hydroxyl groups excluding tert-OH is 1. The van der Waals surface area contributed by atoms with E-state index in [0.717, 1.165) is 43.7 Å². The largest absolute Gasteiger partial charge is 0.513 e. The summed E-state index contributed by atoms with van der Waals surface area (Å²) in [6, 6.07) is 4.31. The van der Waals surface area contributed by atoms with Crippen LogP contribution in [0.1, 0.15) is 36.9 Å². The van der Waals surface area contributed by atoms with Crippen molar-refractivity contribution in [2.24, 2.45) is 0 Å². The molecule has 1 aromatic rings. The minimum absolute atomic E-state index is 0.282. The van der Waals surface area contributed by atoms with E-state index in [1.165, 1.54) is 12.0 Å². The second kappa shape index (κ2) is 5.71. The fourth-order valence-corrected chi connectivity index (χ4v) is 2.14. The first-order chi connectivity index (χ1) is 8.25. The van der Waals surface area contributed by atoms with Crippen LogP contribution in [0.2, 0.25) is 0 Å². The van der Waals surface area contributed by atoms with E-state index in [0.29, 0.717) is 6.42 Å². The van der Waals surface area contributed by atoms with Gasteiger partial charge in [0.2, 0.25) is 0 Å². The van der Waals surface area contributed by atoms with Crippen LogP contribution in [-0.2, 0) is 12.8 Å². The molecule has 0 saturated heterocycles. The van der Waals surface area contributed by atoms with Crippen molar-refractivity contribution in [3.63, 3.8) is 0 Å². The number of rotatable bonds is 5. The third kappa shape index (κ3) is 3.48. The highest BCUT2D eigenvalue weighted by molar-refractivity contribution is 5.46. The van der Waals surface area contributed by atoms with Crippen molar-refractivity contribution in [2.75, 3.05) is 11.9 Å². The maximum atomic E-state index is 8.99. The molecule has 2 rings (SSSR count). The molecule has 0 saturated carbocycles. The fraction of sp³-hybridized carbons (Fsp3) is 0.500. The number of allylic oxidation sites excluding steroid dienone is 1. The molecule has 0 amide bonds. The summed E-state index contributed by atoms with van der Waals surface area (Å²) in [6.45, 7) is 4.52. The highest BCUT2D eigenvalue weighted by Gasteiger charge is 2.09. The Bertz CT molecular complexity index is 401. The average Bonchev–Trinajstić information content (AvgIpc) is 2.34. The Balaban J connectivity index is 1.86. The van der Waals surface area contributed by atoms with E-state index in [9.17, 15) is 0 Å². The number of aromatic nitrogens is 1. The third-order valence-corrected chi connectivity index (χ3v) is 3.10. The Labute approximate surface area is 103 Å². The summed E-state index contributed by atoms with van der Waals surface area (Å²) < 4.78 is 0. The van der Waals surface area contributed by atoms with Gasteiger partial charge >= 0.3 is 0 Å². The second-order valence-electron chi connectivity index (χ2n) is 4.61. The van der Waals surface area contributed by atoms with Gasteiger partial charge in [0.25, 0.3) is 0 Å². The molecule has 2 N–H and O–H groups in total. The first kappa shape index (κ1) is 12.0. The maximum Gasteiger partial charge on any atom is 0.129 e. The lowest BCUT2D eigenvalue weighted by Crippen LogP contribution is -2.13. The molecular formula is C14H20N2O. The molecule has 0 aliphatic carbocycles. The van der Waals surface area contributed by atoms with Gasteiger partial charge in [0, 0.05) is 18.7 Å². The molecule has 1 aliphatic heterocycles. The number of nitrogens with zero attached hydrogens (tertiary/aromatic N) is 1. The standard InChI is InChI=1S/C14H20N2O/c1-11(17)5-2-3-7-13-9-8-12-6-4-10-15-14(12)16-13/h8-9,17H,1-7,10H2,(H,15,16). The van der Waals surface area contributed by atoms with E-state index < -0.39 is 0 Å². The van der Waals surface area contributed by atoms with Gasteiger partial charge in [-0.25, -0.2) is 4.98 Å². The summed E-state index contributed by atoms with van der Waals surface area (Å²) in [5.74, 6) is 1.35. The van der Waals surface area contributed by atoms with Crippen LogP contribution < -0.4 is 5.32 Å². The van der Waals surface area contributed by atoms with Crippen molar-refractivity contribution in [3.8, 4) is 0 Å². The summed E-state index contributed by atoms with van der Waals surface area (Å²) in [7, 11) is 0. The summed E-state index contributed by atoms with van der Waals surface area (Å²) in [5, 5.41) is 12.3. The minimum Gasteiger partial charge on any atom is -0.513 e. The maximum absolute atomic E-state index is 8.99. The van der Waals surface area contributed by atoms with E-state index in [4.69, 9.17) is 5.11 Å². The molecule has 17 heavy (non-hydrogen) atoms. The highest BCUT2D eigenvalue weighted by atomic mass is 16.3. The average molecular weight is 232 g/mol. The molecule has 3 nitrogen and oxygen atoms in total. The number of hydrogen-bond acceptors (Lipinski definition) is 3. The molecule has 0 radical (unpaired) electrons. The van der Waals surface area contributed by atoms with Crippen molar-refractivity contribution in [1.82, 2.24) is 4.98 Å². The predicted octanol–water partition coefficient (Wildman–Crippen LogP) is 3.22. The van der Waals surface area contributed by atoms with Gasteiger partial charge in [-0.3, -0.25) is 0 Å². The Morgan fingerprint density at radius 3 is 3.12 bits per heavy atom. The van der Waals surface area contributed by atoms with E-state index in [-0.39, 0.29) is 5.76 Å². The van der Waals surface area contributed by atoms with Crippen LogP contribution in [0.4, 0.5) is 5.82 Å². The summed E-state index contributed by atoms with van der Waals surface area (Å²) in [5.41, 5.74) is 2.48. The zero-order valence-corrected chi connectivity index (χ0v) is 10.2. The van der Waals surface area contributed by atoms with Gasteiger partial charge < -0.3 is 10.4 Å². The van der Waals surface area contributed by atoms with E-state index >= 15 is 0 Å². The number of aryl methyl sites for hydroxylation is 2. The number of unbranched alkanes of at least 4 members (excludes halogenated alkanes) is 1. The van der Waals surface area contributed by atoms with E-state index in [1.807, 2.05) is 0 Å². The smallest absolute Gasteiger partial charge is 0.129 e. The molecule has 0 unspecified atom stereocenters. The van der Waals surface area contributed by atoms with Crippen LogP contribution in [0.5, 0.6) is 0 Å². The molecule has 2 heterocycles. The third-order valence-electron chi connectivity index (χ3n) is 3.10. The molecule has 92 valence electrons. The van der Waals surface area contributed by atoms with E-state index in [2.05, 4.69) is 29.0 Å². The number of anilines is 1. The highest BCUT2D eigenvalue weighted by Crippen LogP contribution is 2.20. The summed E-state index contributed by atoms with van der Waals surface area (Å²) >= 11 is 0. The molecule has 0 atom stereocenters. The number of hydrogen-bond donors (Lipinski definition) is 2. The van der Waals surface area contributed by atoms with Gasteiger partial charge in [-0.05, 0) is 43.7 Å². The van der Waals surface area contributed by atoms with Crippen LogP contribution >= 0.6 is 0 Å². The van der Waals surface area contributed by atoms with Crippen molar-refractivity contribution >= 4 is 5.82 Å². The minimum atomic E-state index is 0.282. The van der Waals surface area contributed by atoms with Crippen LogP contribution in [-0.4, -0.2) is 16.6 Å². The predicted molar refractivity (Wildman–Crippen MR) is 70.4 cm³/mol. The molecular weight excluding hydrogens is 212 g/mol. The normalized spacial score (nSPS) is 13.9. The van der Waals surface area contributed by atoms with Gasteiger partial charge in [-0.1, -0.05) is 12.6 Å². The number of pyridine rings is 1.